The van der Waals surface area contributed by atoms with Crippen molar-refractivity contribution < 1.29 is 5.11 Å². The van der Waals surface area contributed by atoms with Gasteiger partial charge in [-0.3, -0.25) is 0 Å². The Labute approximate surface area is 118 Å². The highest BCUT2D eigenvalue weighted by Gasteiger charge is 2.26. The zero-order chi connectivity index (χ0) is 12.7. The summed E-state index contributed by atoms with van der Waals surface area (Å²) in [6, 6.07) is 1.72. The molecule has 0 radical (unpaired) electrons. The fourth-order valence-electron chi connectivity index (χ4n) is 2.35. The summed E-state index contributed by atoms with van der Waals surface area (Å²) in [6.07, 6.45) is 0.967. The highest BCUT2D eigenvalue weighted by atomic mass is 35.5. The van der Waals surface area contributed by atoms with Crippen LogP contribution >= 0.6 is 34.9 Å². The summed E-state index contributed by atoms with van der Waals surface area (Å²) in [5.41, 5.74) is 2.35. The molecule has 3 rings (SSSR count). The van der Waals surface area contributed by atoms with Crippen LogP contribution in [0.3, 0.4) is 0 Å². The average Bonchev–Trinajstić information content (AvgIpc) is 2.97. The van der Waals surface area contributed by atoms with Crippen LogP contribution in [0, 0.1) is 5.92 Å². The zero-order valence-corrected chi connectivity index (χ0v) is 11.8. The monoisotopic (exact) mass is 303 g/mol. The van der Waals surface area contributed by atoms with E-state index in [2.05, 4.69) is 13.6 Å². The molecule has 1 aliphatic rings. The lowest BCUT2D eigenvalue weighted by Crippen LogP contribution is -2.21. The van der Waals surface area contributed by atoms with Crippen molar-refractivity contribution in [2.75, 3.05) is 24.6 Å². The van der Waals surface area contributed by atoms with Crippen LogP contribution in [0.1, 0.15) is 6.42 Å². The number of benzene rings is 1. The van der Waals surface area contributed by atoms with E-state index >= 15 is 0 Å². The second kappa shape index (κ2) is 4.81. The molecule has 18 heavy (non-hydrogen) atoms. The van der Waals surface area contributed by atoms with E-state index in [1.807, 2.05) is 0 Å². The first-order chi connectivity index (χ1) is 8.70. The van der Waals surface area contributed by atoms with Crippen LogP contribution in [0.25, 0.3) is 11.0 Å². The lowest BCUT2D eigenvalue weighted by molar-refractivity contribution is 0.238. The van der Waals surface area contributed by atoms with Crippen molar-refractivity contribution >= 4 is 51.7 Å². The predicted octanol–water partition coefficient (Wildman–Crippen LogP) is 2.82. The maximum absolute atomic E-state index is 9.21. The van der Waals surface area contributed by atoms with Gasteiger partial charge in [0.25, 0.3) is 0 Å². The number of aliphatic hydroxyl groups is 1. The van der Waals surface area contributed by atoms with E-state index in [-0.39, 0.29) is 6.61 Å². The van der Waals surface area contributed by atoms with Gasteiger partial charge >= 0.3 is 0 Å². The molecule has 0 amide bonds. The van der Waals surface area contributed by atoms with Crippen molar-refractivity contribution in [3.8, 4) is 0 Å². The van der Waals surface area contributed by atoms with Crippen molar-refractivity contribution in [3.63, 3.8) is 0 Å². The summed E-state index contributed by atoms with van der Waals surface area (Å²) in [7, 11) is 0. The molecule has 0 saturated carbocycles. The fourth-order valence-corrected chi connectivity index (χ4v) is 3.57. The SMILES string of the molecule is OCC1CCN(c2c(Cl)cc(Cl)c3nsnc23)C1. The number of nitrogens with zero attached hydrogens (tertiary/aromatic N) is 3. The first-order valence-corrected chi connectivity index (χ1v) is 7.15. The van der Waals surface area contributed by atoms with Crippen molar-refractivity contribution in [2.24, 2.45) is 5.92 Å². The number of anilines is 1. The third kappa shape index (κ3) is 1.95. The number of aromatic nitrogens is 2. The van der Waals surface area contributed by atoms with Crippen LogP contribution in [0.2, 0.25) is 10.0 Å². The molecule has 7 heteroatoms. The maximum Gasteiger partial charge on any atom is 0.131 e. The Morgan fingerprint density at radius 2 is 2.11 bits per heavy atom. The molecule has 4 nitrogen and oxygen atoms in total. The zero-order valence-electron chi connectivity index (χ0n) is 9.44. The van der Waals surface area contributed by atoms with Gasteiger partial charge in [-0.05, 0) is 12.5 Å². The summed E-state index contributed by atoms with van der Waals surface area (Å²) in [6.45, 7) is 1.88. The van der Waals surface area contributed by atoms with Crippen molar-refractivity contribution in [2.45, 2.75) is 6.42 Å². The van der Waals surface area contributed by atoms with Crippen LogP contribution in [-0.4, -0.2) is 33.6 Å². The lowest BCUT2D eigenvalue weighted by Gasteiger charge is -2.20. The number of fused-ring (bicyclic) bond motifs is 1. The third-order valence-corrected chi connectivity index (χ3v) is 4.38. The Morgan fingerprint density at radius 1 is 1.33 bits per heavy atom. The van der Waals surface area contributed by atoms with E-state index in [1.54, 1.807) is 6.07 Å². The molecule has 1 N–H and O–H groups in total. The summed E-state index contributed by atoms with van der Waals surface area (Å²) in [5.74, 6) is 0.304. The van der Waals surface area contributed by atoms with E-state index in [1.165, 1.54) is 0 Å². The van der Waals surface area contributed by atoms with Gasteiger partial charge in [0, 0.05) is 25.6 Å². The maximum atomic E-state index is 9.21. The molecule has 2 heterocycles. The highest BCUT2D eigenvalue weighted by molar-refractivity contribution is 7.00. The lowest BCUT2D eigenvalue weighted by atomic mass is 10.1. The second-order valence-electron chi connectivity index (χ2n) is 4.43. The quantitative estimate of drug-likeness (QED) is 0.927. The summed E-state index contributed by atoms with van der Waals surface area (Å²) < 4.78 is 8.49. The van der Waals surface area contributed by atoms with E-state index < -0.39 is 0 Å². The minimum atomic E-state index is 0.208. The average molecular weight is 304 g/mol. The molecule has 96 valence electrons. The molecule has 0 aliphatic carbocycles. The summed E-state index contributed by atoms with van der Waals surface area (Å²) >= 11 is 13.5. The Hall–Kier alpha value is -0.620. The van der Waals surface area contributed by atoms with Gasteiger partial charge in [-0.25, -0.2) is 0 Å². The van der Waals surface area contributed by atoms with Crippen molar-refractivity contribution in [1.82, 2.24) is 8.75 Å². The van der Waals surface area contributed by atoms with Gasteiger partial charge < -0.3 is 10.0 Å². The van der Waals surface area contributed by atoms with Crippen LogP contribution in [0.5, 0.6) is 0 Å². The smallest absolute Gasteiger partial charge is 0.131 e. The topological polar surface area (TPSA) is 49.2 Å². The van der Waals surface area contributed by atoms with Gasteiger partial charge in [0.1, 0.15) is 11.0 Å². The van der Waals surface area contributed by atoms with Crippen LogP contribution in [0.15, 0.2) is 6.07 Å². The normalized spacial score (nSPS) is 19.9. The molecule has 1 fully saturated rings. The molecule has 1 aromatic carbocycles. The van der Waals surface area contributed by atoms with Crippen LogP contribution in [0.4, 0.5) is 5.69 Å². The number of rotatable bonds is 2. The first kappa shape index (κ1) is 12.4. The molecule has 0 spiro atoms. The second-order valence-corrected chi connectivity index (χ2v) is 5.78. The molecule has 1 unspecified atom stereocenters. The van der Waals surface area contributed by atoms with E-state index in [0.29, 0.717) is 21.5 Å². The number of hydrogen-bond acceptors (Lipinski definition) is 5. The number of hydrogen-bond donors (Lipinski definition) is 1. The van der Waals surface area contributed by atoms with E-state index in [4.69, 9.17) is 23.2 Å². The minimum Gasteiger partial charge on any atom is -0.396 e. The molecule has 1 aliphatic heterocycles. The molecular weight excluding hydrogens is 293 g/mol. The van der Waals surface area contributed by atoms with Crippen LogP contribution in [-0.2, 0) is 0 Å². The Morgan fingerprint density at radius 3 is 2.83 bits per heavy atom. The number of aliphatic hydroxyl groups excluding tert-OH is 1. The predicted molar refractivity (Wildman–Crippen MR) is 74.8 cm³/mol. The Balaban J connectivity index is 2.09. The molecule has 2 aromatic rings. The van der Waals surface area contributed by atoms with Gasteiger partial charge in [-0.2, -0.15) is 8.75 Å². The summed E-state index contributed by atoms with van der Waals surface area (Å²) in [4.78, 5) is 2.16. The van der Waals surface area contributed by atoms with E-state index in [0.717, 1.165) is 42.4 Å². The Bertz CT molecular complexity index is 589. The fraction of sp³-hybridized carbons (Fsp3) is 0.455. The summed E-state index contributed by atoms with van der Waals surface area (Å²) in [5, 5.41) is 10.3. The third-order valence-electron chi connectivity index (χ3n) is 3.28. The molecule has 1 atom stereocenters. The molecule has 0 bridgehead atoms. The highest BCUT2D eigenvalue weighted by Crippen LogP contribution is 2.39. The van der Waals surface area contributed by atoms with Crippen molar-refractivity contribution in [3.05, 3.63) is 16.1 Å². The molecular formula is C11H11Cl2N3OS. The van der Waals surface area contributed by atoms with Gasteiger partial charge in [0.05, 0.1) is 27.5 Å². The van der Waals surface area contributed by atoms with Gasteiger partial charge in [-0.1, -0.05) is 23.2 Å². The minimum absolute atomic E-state index is 0.208. The van der Waals surface area contributed by atoms with Crippen LogP contribution < -0.4 is 4.90 Å². The van der Waals surface area contributed by atoms with E-state index in [9.17, 15) is 5.11 Å². The van der Waals surface area contributed by atoms with Gasteiger partial charge in [-0.15, -0.1) is 0 Å². The molecule has 1 saturated heterocycles. The first-order valence-electron chi connectivity index (χ1n) is 5.66. The number of halogens is 2. The molecule has 1 aromatic heterocycles. The standard InChI is InChI=1S/C11H11Cl2N3OS/c12-7-3-8(13)11(10-9(7)14-18-15-10)16-2-1-6(4-16)5-17/h3,6,17H,1-2,4-5H2. The largest absolute Gasteiger partial charge is 0.396 e. The van der Waals surface area contributed by atoms with Gasteiger partial charge in [0.15, 0.2) is 0 Å². The van der Waals surface area contributed by atoms with Gasteiger partial charge in [0.2, 0.25) is 0 Å². The van der Waals surface area contributed by atoms with Crippen molar-refractivity contribution in [1.29, 1.82) is 0 Å². The Kier molecular flexibility index (Phi) is 3.32.